The van der Waals surface area contributed by atoms with Crippen LogP contribution in [0.25, 0.3) is 0 Å². The molecule has 100 valence electrons. The summed E-state index contributed by atoms with van der Waals surface area (Å²) in [5, 5.41) is 12.2. The van der Waals surface area contributed by atoms with Crippen LogP contribution in [-0.4, -0.2) is 22.1 Å². The minimum absolute atomic E-state index is 0.123. The number of aromatic carboxylic acids is 1. The molecule has 0 saturated heterocycles. The van der Waals surface area contributed by atoms with Crippen LogP contribution in [0, 0.1) is 0 Å². The van der Waals surface area contributed by atoms with E-state index in [-0.39, 0.29) is 11.6 Å². The van der Waals surface area contributed by atoms with Crippen molar-refractivity contribution in [3.05, 3.63) is 17.8 Å². The molecule has 18 heavy (non-hydrogen) atoms. The van der Waals surface area contributed by atoms with Crippen molar-refractivity contribution >= 4 is 17.5 Å². The lowest BCUT2D eigenvalue weighted by Crippen LogP contribution is -2.18. The highest BCUT2D eigenvalue weighted by Crippen LogP contribution is 2.17. The number of hydrogen-bond donors (Lipinski definition) is 3. The van der Waals surface area contributed by atoms with Crippen LogP contribution in [0.5, 0.6) is 0 Å². The molecule has 4 N–H and O–H groups in total. The van der Waals surface area contributed by atoms with Gasteiger partial charge in [-0.2, -0.15) is 0 Å². The normalized spacial score (nSPS) is 12.1. The molecule has 0 saturated carbocycles. The smallest absolute Gasteiger partial charge is 0.339 e. The van der Waals surface area contributed by atoms with Gasteiger partial charge in [-0.25, -0.2) is 9.78 Å². The lowest BCUT2D eigenvalue weighted by atomic mass is 10.1. The summed E-state index contributed by atoms with van der Waals surface area (Å²) in [7, 11) is 0. The van der Waals surface area contributed by atoms with E-state index in [1.807, 2.05) is 6.92 Å². The molecule has 0 aliphatic rings. The molecule has 5 nitrogen and oxygen atoms in total. The summed E-state index contributed by atoms with van der Waals surface area (Å²) in [6.45, 7) is 4.18. The molecule has 1 aromatic heterocycles. The Morgan fingerprint density at radius 1 is 1.56 bits per heavy atom. The number of nitrogens with zero attached hydrogens (tertiary/aromatic N) is 1. The highest BCUT2D eigenvalue weighted by atomic mass is 16.4. The lowest BCUT2D eigenvalue weighted by Gasteiger charge is -2.16. The number of unbranched alkanes of at least 4 members (excludes halogenated alkanes) is 2. The Labute approximate surface area is 107 Å². The Morgan fingerprint density at radius 2 is 2.28 bits per heavy atom. The van der Waals surface area contributed by atoms with E-state index >= 15 is 0 Å². The van der Waals surface area contributed by atoms with E-state index in [0.717, 1.165) is 12.8 Å². The van der Waals surface area contributed by atoms with Gasteiger partial charge < -0.3 is 16.2 Å². The first-order chi connectivity index (χ1) is 8.54. The number of aromatic nitrogens is 1. The number of nitrogen functional groups attached to an aromatic ring is 1. The number of pyridine rings is 1. The summed E-state index contributed by atoms with van der Waals surface area (Å²) in [5.41, 5.74) is 6.02. The second kappa shape index (κ2) is 6.83. The Bertz CT molecular complexity index is 407. The first kappa shape index (κ1) is 14.3. The van der Waals surface area contributed by atoms with Crippen molar-refractivity contribution < 1.29 is 9.90 Å². The number of nitrogens with two attached hydrogens (primary N) is 1. The fourth-order valence-corrected chi connectivity index (χ4v) is 1.77. The molecule has 0 fully saturated rings. The van der Waals surface area contributed by atoms with E-state index in [4.69, 9.17) is 10.8 Å². The van der Waals surface area contributed by atoms with Gasteiger partial charge in [-0.1, -0.05) is 26.2 Å². The van der Waals surface area contributed by atoms with Gasteiger partial charge in [0.05, 0.1) is 11.9 Å². The molecule has 1 heterocycles. The summed E-state index contributed by atoms with van der Waals surface area (Å²) < 4.78 is 0. The fourth-order valence-electron chi connectivity index (χ4n) is 1.77. The summed E-state index contributed by atoms with van der Waals surface area (Å²) in [4.78, 5) is 15.1. The van der Waals surface area contributed by atoms with Gasteiger partial charge in [0.25, 0.3) is 0 Å². The minimum Gasteiger partial charge on any atom is -0.478 e. The number of nitrogens with one attached hydrogen (secondary N) is 1. The first-order valence-electron chi connectivity index (χ1n) is 6.30. The third-order valence-corrected chi connectivity index (χ3v) is 2.76. The Hall–Kier alpha value is -1.78. The van der Waals surface area contributed by atoms with E-state index in [1.54, 1.807) is 0 Å². The van der Waals surface area contributed by atoms with Gasteiger partial charge in [-0.05, 0) is 19.4 Å². The first-order valence-corrected chi connectivity index (χ1v) is 6.30. The van der Waals surface area contributed by atoms with Gasteiger partial charge in [0.15, 0.2) is 0 Å². The topological polar surface area (TPSA) is 88.2 Å². The number of hydrogen-bond acceptors (Lipinski definition) is 4. The molecule has 0 bridgehead atoms. The van der Waals surface area contributed by atoms with Crippen LogP contribution < -0.4 is 11.1 Å². The van der Waals surface area contributed by atoms with E-state index < -0.39 is 5.97 Å². The average molecular weight is 251 g/mol. The van der Waals surface area contributed by atoms with E-state index in [9.17, 15) is 4.79 Å². The summed E-state index contributed by atoms with van der Waals surface area (Å²) in [6, 6.07) is 1.63. The van der Waals surface area contributed by atoms with Crippen molar-refractivity contribution in [3.63, 3.8) is 0 Å². The van der Waals surface area contributed by atoms with Crippen molar-refractivity contribution in [2.24, 2.45) is 0 Å². The largest absolute Gasteiger partial charge is 0.478 e. The molecule has 1 atom stereocenters. The average Bonchev–Trinajstić information content (AvgIpc) is 2.31. The second-order valence-electron chi connectivity index (χ2n) is 4.51. The van der Waals surface area contributed by atoms with Crippen LogP contribution in [0.3, 0.4) is 0 Å². The molecule has 0 amide bonds. The van der Waals surface area contributed by atoms with Gasteiger partial charge >= 0.3 is 5.97 Å². The van der Waals surface area contributed by atoms with Crippen molar-refractivity contribution in [3.8, 4) is 0 Å². The van der Waals surface area contributed by atoms with Crippen LogP contribution >= 0.6 is 0 Å². The molecule has 1 unspecified atom stereocenters. The molecule has 1 aromatic rings. The van der Waals surface area contributed by atoms with E-state index in [1.165, 1.54) is 25.1 Å². The predicted octanol–water partition coefficient (Wildman–Crippen LogP) is 2.74. The minimum atomic E-state index is -1.02. The molecule has 0 aromatic carbocycles. The van der Waals surface area contributed by atoms with E-state index in [0.29, 0.717) is 11.5 Å². The van der Waals surface area contributed by atoms with Crippen molar-refractivity contribution in [2.45, 2.75) is 45.6 Å². The maximum atomic E-state index is 11.1. The number of rotatable bonds is 7. The van der Waals surface area contributed by atoms with Crippen molar-refractivity contribution in [2.75, 3.05) is 11.1 Å². The lowest BCUT2D eigenvalue weighted by molar-refractivity contribution is 0.0697. The number of anilines is 2. The molecule has 0 radical (unpaired) electrons. The molecule has 0 aliphatic heterocycles. The summed E-state index contributed by atoms with van der Waals surface area (Å²) in [6.07, 6.45) is 5.95. The van der Waals surface area contributed by atoms with Crippen LogP contribution in [0.1, 0.15) is 49.9 Å². The van der Waals surface area contributed by atoms with Gasteiger partial charge in [0.2, 0.25) is 0 Å². The highest BCUT2D eigenvalue weighted by Gasteiger charge is 2.13. The molecular weight excluding hydrogens is 230 g/mol. The number of carboxylic acid groups (broad SMARTS) is 1. The van der Waals surface area contributed by atoms with E-state index in [2.05, 4.69) is 17.2 Å². The standard InChI is InChI=1S/C13H21N3O2/c1-3-4-5-6-9(2)16-12-11(13(17)18)7-10(14)8-15-12/h7-9H,3-6,14H2,1-2H3,(H,15,16)(H,17,18). The second-order valence-corrected chi connectivity index (χ2v) is 4.51. The van der Waals surface area contributed by atoms with Crippen LogP contribution in [-0.2, 0) is 0 Å². The quantitative estimate of drug-likeness (QED) is 0.648. The third-order valence-electron chi connectivity index (χ3n) is 2.76. The predicted molar refractivity (Wildman–Crippen MR) is 72.8 cm³/mol. The SMILES string of the molecule is CCCCCC(C)Nc1ncc(N)cc1C(=O)O. The maximum Gasteiger partial charge on any atom is 0.339 e. The van der Waals surface area contributed by atoms with Crippen LogP contribution in [0.15, 0.2) is 12.3 Å². The monoisotopic (exact) mass is 251 g/mol. The molecule has 0 aliphatic carbocycles. The zero-order valence-corrected chi connectivity index (χ0v) is 10.9. The van der Waals surface area contributed by atoms with Gasteiger partial charge in [0.1, 0.15) is 11.4 Å². The Morgan fingerprint density at radius 3 is 2.89 bits per heavy atom. The zero-order valence-electron chi connectivity index (χ0n) is 10.9. The molecule has 1 rings (SSSR count). The fraction of sp³-hybridized carbons (Fsp3) is 0.538. The summed E-state index contributed by atoms with van der Waals surface area (Å²) >= 11 is 0. The molecule has 5 heteroatoms. The maximum absolute atomic E-state index is 11.1. The van der Waals surface area contributed by atoms with Gasteiger partial charge in [-0.3, -0.25) is 0 Å². The Balaban J connectivity index is 2.68. The number of carboxylic acids is 1. The third kappa shape index (κ3) is 4.24. The molecular formula is C13H21N3O2. The van der Waals surface area contributed by atoms with Crippen LogP contribution in [0.2, 0.25) is 0 Å². The summed E-state index contributed by atoms with van der Waals surface area (Å²) in [5.74, 6) is -0.626. The van der Waals surface area contributed by atoms with Crippen molar-refractivity contribution in [1.82, 2.24) is 4.98 Å². The van der Waals surface area contributed by atoms with Gasteiger partial charge in [-0.15, -0.1) is 0 Å². The highest BCUT2D eigenvalue weighted by molar-refractivity contribution is 5.94. The van der Waals surface area contributed by atoms with Crippen molar-refractivity contribution in [1.29, 1.82) is 0 Å². The van der Waals surface area contributed by atoms with Crippen LogP contribution in [0.4, 0.5) is 11.5 Å². The van der Waals surface area contributed by atoms with Gasteiger partial charge in [0, 0.05) is 6.04 Å². The molecule has 0 spiro atoms. The Kier molecular flexibility index (Phi) is 5.42. The zero-order chi connectivity index (χ0) is 13.5. The number of carbonyl (C=O) groups is 1.